The normalized spacial score (nSPS) is 11.4. The Kier molecular flexibility index (Phi) is 3.51. The highest BCUT2D eigenvalue weighted by molar-refractivity contribution is 5.90. The van der Waals surface area contributed by atoms with Crippen LogP contribution in [0.2, 0.25) is 0 Å². The summed E-state index contributed by atoms with van der Waals surface area (Å²) in [6.45, 7) is 5.80. The van der Waals surface area contributed by atoms with Gasteiger partial charge in [0.2, 0.25) is 0 Å². The number of aromatic carboxylic acids is 1. The van der Waals surface area contributed by atoms with Crippen molar-refractivity contribution >= 4 is 11.9 Å². The average molecular weight is 288 g/mol. The van der Waals surface area contributed by atoms with Gasteiger partial charge < -0.3 is 10.8 Å². The molecule has 0 spiro atoms. The van der Waals surface area contributed by atoms with Gasteiger partial charge in [-0.05, 0) is 18.2 Å². The zero-order valence-electron chi connectivity index (χ0n) is 12.0. The van der Waals surface area contributed by atoms with E-state index in [2.05, 4.69) is 10.1 Å². The maximum Gasteiger partial charge on any atom is 0.335 e. The molecule has 0 bridgehead atoms. The molecule has 0 aliphatic heterocycles. The molecule has 0 atom stereocenters. The standard InChI is InChI=1S/C14H16N4O3/c1-14(2,3)10-6-8(13(20)21)7-11(16-10)18-5-4-9(17-18)12(15)19/h4-7H,1-3H3,(H2,15,19)(H,20,21). The molecular weight excluding hydrogens is 272 g/mol. The van der Waals surface area contributed by atoms with Crippen LogP contribution in [0.25, 0.3) is 5.82 Å². The third-order valence-electron chi connectivity index (χ3n) is 2.90. The quantitative estimate of drug-likeness (QED) is 0.885. The molecule has 2 aromatic rings. The van der Waals surface area contributed by atoms with Crippen molar-refractivity contribution in [2.75, 3.05) is 0 Å². The first-order valence-corrected chi connectivity index (χ1v) is 6.30. The van der Waals surface area contributed by atoms with Crippen molar-refractivity contribution in [2.24, 2.45) is 5.73 Å². The van der Waals surface area contributed by atoms with Crippen LogP contribution in [0.1, 0.15) is 47.3 Å². The fourth-order valence-electron chi connectivity index (χ4n) is 1.72. The lowest BCUT2D eigenvalue weighted by Crippen LogP contribution is -2.17. The number of carboxylic acid groups (broad SMARTS) is 1. The number of carbonyl (C=O) groups excluding carboxylic acids is 1. The number of amides is 1. The molecule has 0 aromatic carbocycles. The van der Waals surface area contributed by atoms with Crippen LogP contribution in [0.3, 0.4) is 0 Å². The Morgan fingerprint density at radius 3 is 2.43 bits per heavy atom. The second-order valence-corrected chi connectivity index (χ2v) is 5.66. The number of primary amides is 1. The number of carbonyl (C=O) groups is 2. The lowest BCUT2D eigenvalue weighted by atomic mass is 9.91. The summed E-state index contributed by atoms with van der Waals surface area (Å²) in [6, 6.07) is 4.38. The number of nitrogens with two attached hydrogens (primary N) is 1. The number of hydrogen-bond acceptors (Lipinski definition) is 4. The van der Waals surface area contributed by atoms with E-state index in [9.17, 15) is 14.7 Å². The molecular formula is C14H16N4O3. The van der Waals surface area contributed by atoms with Crippen LogP contribution in [-0.2, 0) is 5.41 Å². The molecule has 0 saturated carbocycles. The molecule has 3 N–H and O–H groups in total. The zero-order valence-corrected chi connectivity index (χ0v) is 12.0. The number of carboxylic acids is 1. The van der Waals surface area contributed by atoms with Crippen molar-refractivity contribution in [3.05, 3.63) is 41.3 Å². The van der Waals surface area contributed by atoms with Crippen LogP contribution in [-0.4, -0.2) is 31.7 Å². The molecule has 0 aliphatic carbocycles. The van der Waals surface area contributed by atoms with Gasteiger partial charge >= 0.3 is 5.97 Å². The predicted octanol–water partition coefficient (Wildman–Crippen LogP) is 1.36. The van der Waals surface area contributed by atoms with E-state index < -0.39 is 11.9 Å². The van der Waals surface area contributed by atoms with E-state index in [0.717, 1.165) is 0 Å². The molecule has 1 amide bonds. The van der Waals surface area contributed by atoms with Gasteiger partial charge in [-0.25, -0.2) is 14.5 Å². The van der Waals surface area contributed by atoms with E-state index in [1.165, 1.54) is 29.1 Å². The number of aromatic nitrogens is 3. The molecule has 21 heavy (non-hydrogen) atoms. The summed E-state index contributed by atoms with van der Waals surface area (Å²) in [4.78, 5) is 26.7. The molecule has 0 radical (unpaired) electrons. The molecule has 2 aromatic heterocycles. The molecule has 7 nitrogen and oxygen atoms in total. The lowest BCUT2D eigenvalue weighted by Gasteiger charge is -2.19. The van der Waals surface area contributed by atoms with Gasteiger partial charge in [0, 0.05) is 17.3 Å². The third kappa shape index (κ3) is 3.07. The van der Waals surface area contributed by atoms with Crippen LogP contribution in [0.5, 0.6) is 0 Å². The lowest BCUT2D eigenvalue weighted by molar-refractivity contribution is 0.0696. The number of nitrogens with zero attached hydrogens (tertiary/aromatic N) is 3. The van der Waals surface area contributed by atoms with Gasteiger partial charge in [-0.15, -0.1) is 0 Å². The van der Waals surface area contributed by atoms with Gasteiger partial charge in [0.25, 0.3) is 5.91 Å². The van der Waals surface area contributed by atoms with Crippen LogP contribution < -0.4 is 5.73 Å². The summed E-state index contributed by atoms with van der Waals surface area (Å²) < 4.78 is 1.34. The second-order valence-electron chi connectivity index (χ2n) is 5.66. The third-order valence-corrected chi connectivity index (χ3v) is 2.90. The summed E-state index contributed by atoms with van der Waals surface area (Å²) in [7, 11) is 0. The van der Waals surface area contributed by atoms with Crippen molar-refractivity contribution in [3.8, 4) is 5.82 Å². The summed E-state index contributed by atoms with van der Waals surface area (Å²) in [5.74, 6) is -1.38. The highest BCUT2D eigenvalue weighted by atomic mass is 16.4. The van der Waals surface area contributed by atoms with Crippen LogP contribution in [0, 0.1) is 0 Å². The van der Waals surface area contributed by atoms with Crippen molar-refractivity contribution < 1.29 is 14.7 Å². The maximum atomic E-state index is 11.2. The Morgan fingerprint density at radius 1 is 1.29 bits per heavy atom. The van der Waals surface area contributed by atoms with Gasteiger partial charge in [0.05, 0.1) is 5.56 Å². The van der Waals surface area contributed by atoms with Gasteiger partial charge in [-0.2, -0.15) is 5.10 Å². The van der Waals surface area contributed by atoms with Crippen LogP contribution >= 0.6 is 0 Å². The van der Waals surface area contributed by atoms with Crippen LogP contribution in [0.15, 0.2) is 24.4 Å². The summed E-state index contributed by atoms with van der Waals surface area (Å²) in [5, 5.41) is 13.2. The van der Waals surface area contributed by atoms with Crippen LogP contribution in [0.4, 0.5) is 0 Å². The summed E-state index contributed by atoms with van der Waals surface area (Å²) in [6.07, 6.45) is 1.51. The minimum Gasteiger partial charge on any atom is -0.478 e. The molecule has 2 heterocycles. The monoisotopic (exact) mass is 288 g/mol. The Morgan fingerprint density at radius 2 is 1.95 bits per heavy atom. The van der Waals surface area contributed by atoms with E-state index >= 15 is 0 Å². The van der Waals surface area contributed by atoms with Gasteiger partial charge in [0.15, 0.2) is 5.82 Å². The first kappa shape index (κ1) is 14.7. The molecule has 110 valence electrons. The van der Waals surface area contributed by atoms with E-state index in [1.807, 2.05) is 20.8 Å². The molecule has 2 rings (SSSR count). The topological polar surface area (TPSA) is 111 Å². The first-order chi connectivity index (χ1) is 9.68. The Balaban J connectivity index is 2.59. The highest BCUT2D eigenvalue weighted by Gasteiger charge is 2.20. The molecule has 0 unspecified atom stereocenters. The van der Waals surface area contributed by atoms with E-state index in [1.54, 1.807) is 0 Å². The largest absolute Gasteiger partial charge is 0.478 e. The number of pyridine rings is 1. The second kappa shape index (κ2) is 5.01. The van der Waals surface area contributed by atoms with Gasteiger partial charge in [-0.3, -0.25) is 4.79 Å². The minimum atomic E-state index is -1.05. The zero-order chi connectivity index (χ0) is 15.8. The van der Waals surface area contributed by atoms with E-state index in [0.29, 0.717) is 11.5 Å². The van der Waals surface area contributed by atoms with Crippen molar-refractivity contribution in [1.29, 1.82) is 0 Å². The highest BCUT2D eigenvalue weighted by Crippen LogP contribution is 2.23. The van der Waals surface area contributed by atoms with Crippen molar-refractivity contribution in [3.63, 3.8) is 0 Å². The fourth-order valence-corrected chi connectivity index (χ4v) is 1.72. The Hall–Kier alpha value is -2.70. The Bertz CT molecular complexity index is 713. The van der Waals surface area contributed by atoms with Crippen molar-refractivity contribution in [1.82, 2.24) is 14.8 Å². The first-order valence-electron chi connectivity index (χ1n) is 6.30. The number of hydrogen-bond donors (Lipinski definition) is 2. The number of rotatable bonds is 3. The van der Waals surface area contributed by atoms with E-state index in [-0.39, 0.29) is 16.7 Å². The maximum absolute atomic E-state index is 11.2. The SMILES string of the molecule is CC(C)(C)c1cc(C(=O)O)cc(-n2ccc(C(N)=O)n2)n1. The predicted molar refractivity (Wildman–Crippen MR) is 75.5 cm³/mol. The minimum absolute atomic E-state index is 0.0924. The molecule has 7 heteroatoms. The molecule has 0 fully saturated rings. The van der Waals surface area contributed by atoms with Crippen molar-refractivity contribution in [2.45, 2.75) is 26.2 Å². The molecule has 0 saturated heterocycles. The summed E-state index contributed by atoms with van der Waals surface area (Å²) >= 11 is 0. The fraction of sp³-hybridized carbons (Fsp3) is 0.286. The molecule has 0 aliphatic rings. The Labute approximate surface area is 121 Å². The smallest absolute Gasteiger partial charge is 0.335 e. The summed E-state index contributed by atoms with van der Waals surface area (Å²) in [5.41, 5.74) is 5.66. The average Bonchev–Trinajstić information content (AvgIpc) is 2.86. The van der Waals surface area contributed by atoms with E-state index in [4.69, 9.17) is 5.73 Å². The van der Waals surface area contributed by atoms with Gasteiger partial charge in [0.1, 0.15) is 5.69 Å². The van der Waals surface area contributed by atoms with Gasteiger partial charge in [-0.1, -0.05) is 20.8 Å².